The predicted molar refractivity (Wildman–Crippen MR) is 66.0 cm³/mol. The summed E-state index contributed by atoms with van der Waals surface area (Å²) >= 11 is 0. The maximum Gasteiger partial charge on any atom is 0.303 e. The summed E-state index contributed by atoms with van der Waals surface area (Å²) < 4.78 is 1.99. The zero-order valence-corrected chi connectivity index (χ0v) is 10.3. The third-order valence-corrected chi connectivity index (χ3v) is 2.52. The van der Waals surface area contributed by atoms with Crippen LogP contribution in [0.15, 0.2) is 18.7 Å². The average molecular weight is 253 g/mol. The van der Waals surface area contributed by atoms with Crippen LogP contribution in [0.1, 0.15) is 32.1 Å². The van der Waals surface area contributed by atoms with Crippen molar-refractivity contribution in [2.75, 3.05) is 6.54 Å². The van der Waals surface area contributed by atoms with E-state index >= 15 is 0 Å². The molecule has 6 heteroatoms. The first-order chi connectivity index (χ1) is 8.68. The fourth-order valence-corrected chi connectivity index (χ4v) is 1.55. The van der Waals surface area contributed by atoms with Crippen LogP contribution in [-0.2, 0) is 16.1 Å². The summed E-state index contributed by atoms with van der Waals surface area (Å²) in [5, 5.41) is 11.2. The van der Waals surface area contributed by atoms with E-state index in [-0.39, 0.29) is 18.7 Å². The molecular weight excluding hydrogens is 234 g/mol. The van der Waals surface area contributed by atoms with Gasteiger partial charge in [0.05, 0.1) is 6.33 Å². The van der Waals surface area contributed by atoms with E-state index in [1.54, 1.807) is 12.5 Å². The molecule has 0 aliphatic heterocycles. The SMILES string of the molecule is O=C(O)CCCC(=O)NCCCCn1ccnc1. The maximum atomic E-state index is 11.3. The fourth-order valence-electron chi connectivity index (χ4n) is 1.55. The normalized spacial score (nSPS) is 10.2. The van der Waals surface area contributed by atoms with Gasteiger partial charge in [-0.05, 0) is 19.3 Å². The first-order valence-corrected chi connectivity index (χ1v) is 6.12. The quantitative estimate of drug-likeness (QED) is 0.644. The highest BCUT2D eigenvalue weighted by Gasteiger charge is 2.02. The molecule has 1 aromatic heterocycles. The smallest absolute Gasteiger partial charge is 0.303 e. The van der Waals surface area contributed by atoms with Crippen LogP contribution in [0.4, 0.5) is 0 Å². The van der Waals surface area contributed by atoms with E-state index in [9.17, 15) is 9.59 Å². The van der Waals surface area contributed by atoms with Crippen molar-refractivity contribution in [3.05, 3.63) is 18.7 Å². The number of imidazole rings is 1. The fraction of sp³-hybridized carbons (Fsp3) is 0.583. The van der Waals surface area contributed by atoms with Gasteiger partial charge in [0.25, 0.3) is 0 Å². The molecule has 1 rings (SSSR count). The number of hydrogen-bond donors (Lipinski definition) is 2. The largest absolute Gasteiger partial charge is 0.481 e. The van der Waals surface area contributed by atoms with Crippen molar-refractivity contribution >= 4 is 11.9 Å². The molecule has 0 aliphatic carbocycles. The Morgan fingerprint density at radius 2 is 2.06 bits per heavy atom. The van der Waals surface area contributed by atoms with Gasteiger partial charge >= 0.3 is 5.97 Å². The van der Waals surface area contributed by atoms with Crippen LogP contribution in [0, 0.1) is 0 Å². The van der Waals surface area contributed by atoms with E-state index in [1.165, 1.54) is 0 Å². The van der Waals surface area contributed by atoms with Crippen molar-refractivity contribution in [1.82, 2.24) is 14.9 Å². The minimum atomic E-state index is -0.858. The van der Waals surface area contributed by atoms with Gasteiger partial charge < -0.3 is 15.0 Å². The van der Waals surface area contributed by atoms with Crippen molar-refractivity contribution in [3.8, 4) is 0 Å². The van der Waals surface area contributed by atoms with Crippen molar-refractivity contribution in [2.24, 2.45) is 0 Å². The second kappa shape index (κ2) is 8.27. The molecule has 0 aliphatic rings. The predicted octanol–water partition coefficient (Wildman–Crippen LogP) is 1.03. The van der Waals surface area contributed by atoms with Gasteiger partial charge in [-0.2, -0.15) is 0 Å². The Morgan fingerprint density at radius 3 is 2.72 bits per heavy atom. The Bertz CT molecular complexity index is 363. The summed E-state index contributed by atoms with van der Waals surface area (Å²) in [6.07, 6.45) is 8.03. The monoisotopic (exact) mass is 253 g/mol. The Morgan fingerprint density at radius 1 is 1.22 bits per heavy atom. The van der Waals surface area contributed by atoms with Gasteiger partial charge in [0.15, 0.2) is 0 Å². The van der Waals surface area contributed by atoms with Gasteiger partial charge in [-0.1, -0.05) is 0 Å². The lowest BCUT2D eigenvalue weighted by atomic mass is 10.2. The van der Waals surface area contributed by atoms with Crippen molar-refractivity contribution in [1.29, 1.82) is 0 Å². The van der Waals surface area contributed by atoms with Crippen LogP contribution in [0.2, 0.25) is 0 Å². The highest BCUT2D eigenvalue weighted by Crippen LogP contribution is 1.97. The third-order valence-electron chi connectivity index (χ3n) is 2.52. The molecule has 0 spiro atoms. The lowest BCUT2D eigenvalue weighted by molar-refractivity contribution is -0.137. The summed E-state index contributed by atoms with van der Waals surface area (Å²) in [6.45, 7) is 1.54. The lowest BCUT2D eigenvalue weighted by Gasteiger charge is -2.05. The summed E-state index contributed by atoms with van der Waals surface area (Å²) in [5.74, 6) is -0.929. The second-order valence-corrected chi connectivity index (χ2v) is 4.10. The third kappa shape index (κ3) is 6.67. The van der Waals surface area contributed by atoms with E-state index in [0.29, 0.717) is 13.0 Å². The van der Waals surface area contributed by atoms with Crippen LogP contribution < -0.4 is 5.32 Å². The molecule has 1 heterocycles. The highest BCUT2D eigenvalue weighted by atomic mass is 16.4. The number of aryl methyl sites for hydroxylation is 1. The average Bonchev–Trinajstić information content (AvgIpc) is 2.81. The molecule has 100 valence electrons. The number of carboxylic acids is 1. The number of nitrogens with zero attached hydrogens (tertiary/aromatic N) is 2. The molecule has 0 atom stereocenters. The highest BCUT2D eigenvalue weighted by molar-refractivity contribution is 5.76. The molecule has 18 heavy (non-hydrogen) atoms. The van der Waals surface area contributed by atoms with Gasteiger partial charge in [-0.25, -0.2) is 4.98 Å². The van der Waals surface area contributed by atoms with E-state index < -0.39 is 5.97 Å². The van der Waals surface area contributed by atoms with Crippen molar-refractivity contribution in [2.45, 2.75) is 38.6 Å². The van der Waals surface area contributed by atoms with E-state index in [0.717, 1.165) is 19.4 Å². The lowest BCUT2D eigenvalue weighted by Crippen LogP contribution is -2.24. The molecule has 0 saturated carbocycles. The number of hydrogen-bond acceptors (Lipinski definition) is 3. The maximum absolute atomic E-state index is 11.3. The van der Waals surface area contributed by atoms with Crippen molar-refractivity contribution < 1.29 is 14.7 Å². The summed E-state index contributed by atoms with van der Waals surface area (Å²) in [6, 6.07) is 0. The van der Waals surface area contributed by atoms with Gasteiger partial charge in [-0.15, -0.1) is 0 Å². The Balaban J connectivity index is 1.94. The van der Waals surface area contributed by atoms with E-state index in [4.69, 9.17) is 5.11 Å². The first-order valence-electron chi connectivity index (χ1n) is 6.12. The number of amides is 1. The van der Waals surface area contributed by atoms with Crippen LogP contribution in [0.25, 0.3) is 0 Å². The first kappa shape index (κ1) is 14.2. The minimum Gasteiger partial charge on any atom is -0.481 e. The Hall–Kier alpha value is -1.85. The number of nitrogens with one attached hydrogen (secondary N) is 1. The topological polar surface area (TPSA) is 84.2 Å². The number of carbonyl (C=O) groups excluding carboxylic acids is 1. The molecule has 2 N–H and O–H groups in total. The molecule has 0 aromatic carbocycles. The summed E-state index contributed by atoms with van der Waals surface area (Å²) in [4.78, 5) is 25.5. The van der Waals surface area contributed by atoms with Crippen LogP contribution in [-0.4, -0.2) is 33.1 Å². The van der Waals surface area contributed by atoms with Gasteiger partial charge in [-0.3, -0.25) is 9.59 Å². The number of aromatic nitrogens is 2. The van der Waals surface area contributed by atoms with E-state index in [2.05, 4.69) is 10.3 Å². The Kier molecular flexibility index (Phi) is 6.53. The number of aliphatic carboxylic acids is 1. The standard InChI is InChI=1S/C12H19N3O3/c16-11(4-3-5-12(17)18)14-6-1-2-8-15-9-7-13-10-15/h7,9-10H,1-6,8H2,(H,14,16)(H,17,18). The molecule has 0 bridgehead atoms. The van der Waals surface area contributed by atoms with Gasteiger partial charge in [0, 0.05) is 38.3 Å². The number of carboxylic acid groups (broad SMARTS) is 1. The zero-order valence-electron chi connectivity index (χ0n) is 10.3. The van der Waals surface area contributed by atoms with Gasteiger partial charge in [0.1, 0.15) is 0 Å². The van der Waals surface area contributed by atoms with Crippen LogP contribution >= 0.6 is 0 Å². The molecule has 0 fully saturated rings. The molecule has 1 amide bonds. The van der Waals surface area contributed by atoms with Crippen LogP contribution in [0.5, 0.6) is 0 Å². The molecule has 0 unspecified atom stereocenters. The molecule has 0 radical (unpaired) electrons. The number of unbranched alkanes of at least 4 members (excludes halogenated alkanes) is 1. The van der Waals surface area contributed by atoms with E-state index in [1.807, 2.05) is 10.8 Å². The Labute approximate surface area is 106 Å². The molecule has 0 saturated heterocycles. The minimum absolute atomic E-state index is 0.0497. The summed E-state index contributed by atoms with van der Waals surface area (Å²) in [5.41, 5.74) is 0. The second-order valence-electron chi connectivity index (χ2n) is 4.10. The summed E-state index contributed by atoms with van der Waals surface area (Å²) in [7, 11) is 0. The molecule has 6 nitrogen and oxygen atoms in total. The van der Waals surface area contributed by atoms with Crippen molar-refractivity contribution in [3.63, 3.8) is 0 Å². The number of rotatable bonds is 9. The molecule has 1 aromatic rings. The zero-order chi connectivity index (χ0) is 13.2. The number of carbonyl (C=O) groups is 2. The molecular formula is C12H19N3O3. The van der Waals surface area contributed by atoms with Gasteiger partial charge in [0.2, 0.25) is 5.91 Å². The van der Waals surface area contributed by atoms with Crippen LogP contribution in [0.3, 0.4) is 0 Å².